The zero-order valence-electron chi connectivity index (χ0n) is 12.4. The van der Waals surface area contributed by atoms with Gasteiger partial charge in [0.05, 0.1) is 0 Å². The Kier molecular flexibility index (Phi) is 5.60. The number of nitrogen functional groups attached to an aromatic ring is 1. The Morgan fingerprint density at radius 2 is 1.84 bits per heavy atom. The Hall–Kier alpha value is -1.30. The number of amides is 1. The molecule has 0 radical (unpaired) electrons. The van der Waals surface area contributed by atoms with Crippen molar-refractivity contribution in [3.05, 3.63) is 5.56 Å². The van der Waals surface area contributed by atoms with Crippen molar-refractivity contribution >= 4 is 28.3 Å². The average Bonchev–Trinajstić information content (AvgIpc) is 2.68. The number of rotatable bonds is 6. The summed E-state index contributed by atoms with van der Waals surface area (Å²) < 4.78 is 4.14. The first-order chi connectivity index (χ1) is 8.86. The standard InChI is InChI=1S/C13H24N4OS/c1-8(2)6-17(7-9(3)4)13-10(12(18)15-5)11(14)16-19-13/h8-9H,6-7H2,1-5H3,(H2,14,16)(H,15,18). The van der Waals surface area contributed by atoms with Crippen LogP contribution in [0.1, 0.15) is 38.1 Å². The van der Waals surface area contributed by atoms with E-state index >= 15 is 0 Å². The fourth-order valence-corrected chi connectivity index (χ4v) is 2.80. The van der Waals surface area contributed by atoms with E-state index in [0.717, 1.165) is 18.1 Å². The molecular formula is C13H24N4OS. The summed E-state index contributed by atoms with van der Waals surface area (Å²) in [5.74, 6) is 1.18. The summed E-state index contributed by atoms with van der Waals surface area (Å²) in [6.07, 6.45) is 0. The van der Waals surface area contributed by atoms with Crippen molar-refractivity contribution in [1.29, 1.82) is 0 Å². The minimum atomic E-state index is -0.168. The van der Waals surface area contributed by atoms with Gasteiger partial charge in [-0.05, 0) is 23.4 Å². The van der Waals surface area contributed by atoms with E-state index in [-0.39, 0.29) is 5.91 Å². The van der Waals surface area contributed by atoms with Gasteiger partial charge in [0.25, 0.3) is 5.91 Å². The Morgan fingerprint density at radius 1 is 1.32 bits per heavy atom. The molecule has 0 saturated heterocycles. The summed E-state index contributed by atoms with van der Waals surface area (Å²) >= 11 is 1.30. The van der Waals surface area contributed by atoms with Crippen molar-refractivity contribution in [2.45, 2.75) is 27.7 Å². The van der Waals surface area contributed by atoms with Gasteiger partial charge in [0.15, 0.2) is 5.82 Å². The van der Waals surface area contributed by atoms with Crippen LogP contribution in [0.3, 0.4) is 0 Å². The van der Waals surface area contributed by atoms with Crippen molar-refractivity contribution in [1.82, 2.24) is 9.69 Å². The maximum atomic E-state index is 11.9. The van der Waals surface area contributed by atoms with Crippen molar-refractivity contribution in [2.24, 2.45) is 11.8 Å². The lowest BCUT2D eigenvalue weighted by molar-refractivity contribution is 0.0964. The monoisotopic (exact) mass is 284 g/mol. The fourth-order valence-electron chi connectivity index (χ4n) is 1.97. The first-order valence-corrected chi connectivity index (χ1v) is 7.36. The van der Waals surface area contributed by atoms with E-state index in [9.17, 15) is 4.79 Å². The van der Waals surface area contributed by atoms with Gasteiger partial charge in [-0.3, -0.25) is 4.79 Å². The molecule has 0 fully saturated rings. The summed E-state index contributed by atoms with van der Waals surface area (Å²) in [7, 11) is 1.61. The van der Waals surface area contributed by atoms with Crippen LogP contribution in [0.2, 0.25) is 0 Å². The van der Waals surface area contributed by atoms with Crippen LogP contribution in [0.15, 0.2) is 0 Å². The summed E-state index contributed by atoms with van der Waals surface area (Å²) in [5.41, 5.74) is 6.34. The van der Waals surface area contributed by atoms with E-state index in [1.165, 1.54) is 11.5 Å². The van der Waals surface area contributed by atoms with Gasteiger partial charge < -0.3 is 16.0 Å². The van der Waals surface area contributed by atoms with Gasteiger partial charge >= 0.3 is 0 Å². The van der Waals surface area contributed by atoms with E-state index in [1.807, 2.05) is 0 Å². The van der Waals surface area contributed by atoms with Crippen molar-refractivity contribution in [2.75, 3.05) is 30.8 Å². The number of carbonyl (C=O) groups is 1. The lowest BCUT2D eigenvalue weighted by Gasteiger charge is -2.27. The largest absolute Gasteiger partial charge is 0.382 e. The number of carbonyl (C=O) groups excluding carboxylic acids is 1. The van der Waals surface area contributed by atoms with Crippen LogP contribution in [0.4, 0.5) is 10.8 Å². The number of hydrogen-bond donors (Lipinski definition) is 2. The maximum Gasteiger partial charge on any atom is 0.257 e. The molecule has 1 rings (SSSR count). The van der Waals surface area contributed by atoms with Gasteiger partial charge in [-0.2, -0.15) is 4.37 Å². The minimum Gasteiger partial charge on any atom is -0.382 e. The highest BCUT2D eigenvalue weighted by Crippen LogP contribution is 2.31. The topological polar surface area (TPSA) is 71.2 Å². The molecule has 5 nitrogen and oxygen atoms in total. The first-order valence-electron chi connectivity index (χ1n) is 6.59. The van der Waals surface area contributed by atoms with Crippen LogP contribution in [0.5, 0.6) is 0 Å². The van der Waals surface area contributed by atoms with Crippen LogP contribution in [-0.2, 0) is 0 Å². The Labute approximate surface area is 119 Å². The smallest absolute Gasteiger partial charge is 0.257 e. The second kappa shape index (κ2) is 6.75. The Bertz CT molecular complexity index is 418. The summed E-state index contributed by atoms with van der Waals surface area (Å²) in [6.45, 7) is 10.4. The third-order valence-electron chi connectivity index (χ3n) is 2.61. The Morgan fingerprint density at radius 3 is 2.26 bits per heavy atom. The van der Waals surface area contributed by atoms with Crippen LogP contribution >= 0.6 is 11.5 Å². The molecule has 1 heterocycles. The van der Waals surface area contributed by atoms with Gasteiger partial charge in [-0.1, -0.05) is 27.7 Å². The fraction of sp³-hybridized carbons (Fsp3) is 0.692. The number of aromatic nitrogens is 1. The SMILES string of the molecule is CNC(=O)c1c(N)nsc1N(CC(C)C)CC(C)C. The van der Waals surface area contributed by atoms with Crippen LogP contribution in [-0.4, -0.2) is 30.4 Å². The molecule has 1 aromatic rings. The molecule has 0 aliphatic rings. The van der Waals surface area contributed by atoms with Gasteiger partial charge in [-0.25, -0.2) is 0 Å². The predicted molar refractivity (Wildman–Crippen MR) is 81.8 cm³/mol. The lowest BCUT2D eigenvalue weighted by Crippen LogP contribution is -2.32. The van der Waals surface area contributed by atoms with E-state index in [4.69, 9.17) is 5.73 Å². The molecule has 0 saturated carbocycles. The number of nitrogens with one attached hydrogen (secondary N) is 1. The molecule has 0 atom stereocenters. The highest BCUT2D eigenvalue weighted by molar-refractivity contribution is 7.11. The van der Waals surface area contributed by atoms with Crippen LogP contribution < -0.4 is 16.0 Å². The molecule has 1 amide bonds. The second-order valence-corrected chi connectivity index (χ2v) is 6.27. The predicted octanol–water partition coefficient (Wildman–Crippen LogP) is 2.20. The molecule has 0 unspecified atom stereocenters. The number of nitrogens with zero attached hydrogens (tertiary/aromatic N) is 2. The molecular weight excluding hydrogens is 260 g/mol. The molecule has 1 aromatic heterocycles. The summed E-state index contributed by atoms with van der Waals surface area (Å²) in [5, 5.41) is 3.51. The first kappa shape index (κ1) is 15.8. The van der Waals surface area contributed by atoms with Gasteiger partial charge in [0.2, 0.25) is 0 Å². The quantitative estimate of drug-likeness (QED) is 0.840. The molecule has 6 heteroatoms. The van der Waals surface area contributed by atoms with Gasteiger partial charge in [0.1, 0.15) is 10.6 Å². The number of nitrogens with two attached hydrogens (primary N) is 1. The molecule has 108 valence electrons. The molecule has 19 heavy (non-hydrogen) atoms. The Balaban J connectivity index is 3.11. The molecule has 0 spiro atoms. The number of anilines is 2. The van der Waals surface area contributed by atoms with E-state index in [0.29, 0.717) is 23.2 Å². The molecule has 0 aliphatic carbocycles. The lowest BCUT2D eigenvalue weighted by atomic mass is 10.1. The average molecular weight is 284 g/mol. The third kappa shape index (κ3) is 4.09. The minimum absolute atomic E-state index is 0.168. The highest BCUT2D eigenvalue weighted by atomic mass is 32.1. The zero-order valence-corrected chi connectivity index (χ0v) is 13.2. The van der Waals surface area contributed by atoms with Crippen molar-refractivity contribution in [3.63, 3.8) is 0 Å². The van der Waals surface area contributed by atoms with E-state index in [2.05, 4.69) is 42.3 Å². The zero-order chi connectivity index (χ0) is 14.6. The molecule has 0 bridgehead atoms. The third-order valence-corrected chi connectivity index (χ3v) is 3.54. The van der Waals surface area contributed by atoms with Crippen molar-refractivity contribution in [3.8, 4) is 0 Å². The van der Waals surface area contributed by atoms with Crippen LogP contribution in [0.25, 0.3) is 0 Å². The number of hydrogen-bond acceptors (Lipinski definition) is 5. The van der Waals surface area contributed by atoms with Crippen molar-refractivity contribution < 1.29 is 4.79 Å². The molecule has 0 aliphatic heterocycles. The van der Waals surface area contributed by atoms with E-state index in [1.54, 1.807) is 7.05 Å². The maximum absolute atomic E-state index is 11.9. The second-order valence-electron chi connectivity index (χ2n) is 5.52. The molecule has 0 aromatic carbocycles. The summed E-state index contributed by atoms with van der Waals surface area (Å²) in [6, 6.07) is 0. The van der Waals surface area contributed by atoms with Gasteiger partial charge in [-0.15, -0.1) is 0 Å². The van der Waals surface area contributed by atoms with Crippen LogP contribution in [0, 0.1) is 11.8 Å². The molecule has 3 N–H and O–H groups in total. The van der Waals surface area contributed by atoms with Gasteiger partial charge in [0, 0.05) is 20.1 Å². The summed E-state index contributed by atoms with van der Waals surface area (Å²) in [4.78, 5) is 14.2. The highest BCUT2D eigenvalue weighted by Gasteiger charge is 2.23. The van der Waals surface area contributed by atoms with E-state index < -0.39 is 0 Å². The normalized spacial score (nSPS) is 11.1.